The Hall–Kier alpha value is -6.30. The number of nitrogens with zero attached hydrogens (tertiary/aromatic N) is 12. The van der Waals surface area contributed by atoms with Gasteiger partial charge in [0.15, 0.2) is 23.0 Å². The number of hydrogen-bond donors (Lipinski definition) is 0. The van der Waals surface area contributed by atoms with Crippen molar-refractivity contribution in [3.8, 4) is 23.0 Å². The fourth-order valence-corrected chi connectivity index (χ4v) is 11.7. The van der Waals surface area contributed by atoms with E-state index in [2.05, 4.69) is 131 Å². The molecule has 11 rings (SSSR count). The van der Waals surface area contributed by atoms with E-state index in [1.54, 1.807) is 0 Å². The number of para-hydroxylation sites is 2. The monoisotopic (exact) mass is 904 g/mol. The Morgan fingerprint density at radius 2 is 1.12 bits per heavy atom. The average Bonchev–Trinajstić information content (AvgIpc) is 4.09. The van der Waals surface area contributed by atoms with Gasteiger partial charge >= 0.3 is 16.9 Å². The van der Waals surface area contributed by atoms with Crippen LogP contribution in [0.5, 0.6) is 23.0 Å². The van der Waals surface area contributed by atoms with Crippen LogP contribution in [0.2, 0.25) is 0 Å². The molecule has 8 aromatic rings. The second-order valence-corrected chi connectivity index (χ2v) is 22.5. The van der Waals surface area contributed by atoms with Gasteiger partial charge in [-0.2, -0.15) is 17.8 Å². The molecule has 4 aromatic heterocycles. The summed E-state index contributed by atoms with van der Waals surface area (Å²) in [5.74, 6) is 2.58. The quantitative estimate of drug-likeness (QED) is 0.134. The first-order valence-corrected chi connectivity index (χ1v) is 24.3. The average molecular weight is 905 g/mol. The summed E-state index contributed by atoms with van der Waals surface area (Å²) in [6, 6.07) is 24.5. The molecule has 4 aromatic carbocycles. The normalized spacial score (nSPS) is 17.3. The lowest BCUT2D eigenvalue weighted by Gasteiger charge is -2.39. The molecule has 0 amide bonds. The van der Waals surface area contributed by atoms with Crippen molar-refractivity contribution < 1.29 is 13.8 Å². The van der Waals surface area contributed by atoms with Crippen LogP contribution in [0.4, 0.5) is 0 Å². The Kier molecular flexibility index (Phi) is 9.64. The minimum Gasteiger partial charge on any atom is -0.449 e. The molecule has 17 heteroatoms. The first-order valence-electron chi connectivity index (χ1n) is 22.0. The molecule has 15 nitrogen and oxygen atoms in total. The molecule has 0 saturated heterocycles. The Labute approximate surface area is 379 Å². The molecule has 1 aliphatic heterocycles. The zero-order chi connectivity index (χ0) is 45.0. The van der Waals surface area contributed by atoms with Crippen LogP contribution >= 0.6 is 16.9 Å². The summed E-state index contributed by atoms with van der Waals surface area (Å²) in [7, 11) is -3.74. The molecule has 0 bridgehead atoms. The van der Waals surface area contributed by atoms with Crippen molar-refractivity contribution in [1.82, 2.24) is 59.1 Å². The number of ether oxygens (including phenoxy) is 1. The van der Waals surface area contributed by atoms with E-state index in [4.69, 9.17) is 34.6 Å². The molecule has 5 heterocycles. The summed E-state index contributed by atoms with van der Waals surface area (Å²) in [5, 5.41) is 37.3. The summed E-state index contributed by atoms with van der Waals surface area (Å²) < 4.78 is 29.5. The number of aryl methyl sites for hydroxylation is 1. The van der Waals surface area contributed by atoms with E-state index in [9.17, 15) is 0 Å². The highest BCUT2D eigenvalue weighted by Gasteiger charge is 2.42. The van der Waals surface area contributed by atoms with Crippen molar-refractivity contribution in [2.45, 2.75) is 97.8 Å². The molecule has 3 unspecified atom stereocenters. The van der Waals surface area contributed by atoms with E-state index >= 15 is 0 Å². The van der Waals surface area contributed by atoms with E-state index in [0.717, 1.165) is 86.4 Å². The van der Waals surface area contributed by atoms with Gasteiger partial charge in [-0.1, -0.05) is 132 Å². The number of hydrogen-bond acceptors (Lipinski definition) is 11. The third-order valence-corrected chi connectivity index (χ3v) is 15.7. The Morgan fingerprint density at radius 3 is 1.66 bits per heavy atom. The van der Waals surface area contributed by atoms with E-state index in [0.29, 0.717) is 28.9 Å². The van der Waals surface area contributed by atoms with Gasteiger partial charge in [-0.3, -0.25) is 0 Å². The second-order valence-electron chi connectivity index (χ2n) is 19.7. The maximum atomic E-state index is 7.41. The fourth-order valence-electron chi connectivity index (χ4n) is 8.62. The van der Waals surface area contributed by atoms with Gasteiger partial charge in [0, 0.05) is 16.5 Å². The summed E-state index contributed by atoms with van der Waals surface area (Å²) in [6.45, 7) is 20.0. The van der Waals surface area contributed by atoms with Gasteiger partial charge in [-0.05, 0) is 95.7 Å². The van der Waals surface area contributed by atoms with E-state index < -0.39 is 22.3 Å². The Balaban J connectivity index is 1.11. The van der Waals surface area contributed by atoms with Crippen LogP contribution in [0.1, 0.15) is 114 Å². The van der Waals surface area contributed by atoms with E-state index in [-0.39, 0.29) is 10.8 Å². The molecule has 0 spiro atoms. The van der Waals surface area contributed by atoms with Crippen LogP contribution < -0.4 is 13.8 Å². The highest BCUT2D eigenvalue weighted by molar-refractivity contribution is 7.50. The first kappa shape index (κ1) is 41.4. The molecule has 0 saturated carbocycles. The highest BCUT2D eigenvalue weighted by atomic mass is 31.2. The third-order valence-electron chi connectivity index (χ3n) is 12.5. The van der Waals surface area contributed by atoms with Crippen LogP contribution in [0.15, 0.2) is 84.9 Å². The van der Waals surface area contributed by atoms with Gasteiger partial charge in [-0.15, -0.1) is 20.4 Å². The molecular weight excluding hydrogens is 855 g/mol. The summed E-state index contributed by atoms with van der Waals surface area (Å²) in [4.78, 5) is 0. The van der Waals surface area contributed by atoms with Crippen molar-refractivity contribution in [3.05, 3.63) is 130 Å². The van der Waals surface area contributed by atoms with Gasteiger partial charge < -0.3 is 13.8 Å². The van der Waals surface area contributed by atoms with Crippen molar-refractivity contribution in [3.63, 3.8) is 0 Å². The van der Waals surface area contributed by atoms with Crippen molar-refractivity contribution in [2.24, 2.45) is 5.92 Å². The molecule has 0 N–H and O–H groups in total. The van der Waals surface area contributed by atoms with Crippen molar-refractivity contribution >= 4 is 51.1 Å². The topological polar surface area (TPSA) is 151 Å². The number of allylic oxidation sites excluding steroid dienone is 2. The zero-order valence-electron chi connectivity index (χ0n) is 37.9. The molecular formula is C48H50N12O3P2. The standard InChI is InChI=1S/C48H50N12O3P2/c1-29-22-23-41-37(24-29)52-56-60(41)65(59-40-21-15-12-18-36(40)51-55-59)63-43-28-31(47(5,6)7)26-33-45(43)61-44-32(48(33,8)9)25-30(46(2,3)4)27-42(44)62-64(57-38-19-13-10-16-34(38)49-53-57)58-39-20-14-11-17-35(39)50-54-58/h10,12-16,18-23,25-29H,11,17,24H2,1-9H3. The van der Waals surface area contributed by atoms with Crippen LogP contribution in [-0.4, -0.2) is 59.1 Å². The third kappa shape index (κ3) is 7.02. The first-order chi connectivity index (χ1) is 31.1. The highest BCUT2D eigenvalue weighted by Crippen LogP contribution is 2.60. The fraction of sp³-hybridized carbons (Fsp3) is 0.333. The predicted molar refractivity (Wildman–Crippen MR) is 254 cm³/mol. The summed E-state index contributed by atoms with van der Waals surface area (Å²) in [5.41, 5.74) is 9.76. The molecule has 0 fully saturated rings. The molecule has 2 aliphatic carbocycles. The van der Waals surface area contributed by atoms with Gasteiger partial charge in [0.25, 0.3) is 0 Å². The van der Waals surface area contributed by atoms with E-state index in [1.165, 1.54) is 0 Å². The maximum absolute atomic E-state index is 7.41. The minimum absolute atomic E-state index is 0.248. The maximum Gasteiger partial charge on any atom is 0.357 e. The van der Waals surface area contributed by atoms with Crippen LogP contribution in [-0.2, 0) is 29.1 Å². The lowest BCUT2D eigenvalue weighted by molar-refractivity contribution is 0.380. The van der Waals surface area contributed by atoms with Crippen molar-refractivity contribution in [1.29, 1.82) is 0 Å². The lowest BCUT2D eigenvalue weighted by Crippen LogP contribution is -2.28. The number of fused-ring (bicyclic) bond motifs is 6. The Morgan fingerprint density at radius 1 is 0.631 bits per heavy atom. The van der Waals surface area contributed by atoms with Crippen LogP contribution in [0, 0.1) is 5.92 Å². The number of aromatic nitrogens is 12. The van der Waals surface area contributed by atoms with Gasteiger partial charge in [0.1, 0.15) is 11.0 Å². The smallest absolute Gasteiger partial charge is 0.357 e. The predicted octanol–water partition coefficient (Wildman–Crippen LogP) is 11.0. The van der Waals surface area contributed by atoms with Crippen LogP contribution in [0.25, 0.3) is 34.2 Å². The molecule has 3 atom stereocenters. The summed E-state index contributed by atoms with van der Waals surface area (Å²) >= 11 is 0. The Bertz CT molecular complexity index is 3240. The summed E-state index contributed by atoms with van der Waals surface area (Å²) in [6.07, 6.45) is 11.0. The largest absolute Gasteiger partial charge is 0.449 e. The minimum atomic E-state index is -1.87. The molecule has 0 radical (unpaired) electrons. The SMILES string of the molecule is CC1C=Cc2c(nnn2P(Oc2cc(C(C)(C)C)cc3c2Oc2c(OP(n4nnc5c4C=CCC5)n4nnc5ccccc54)cc(C(C)(C)C)cc2C3(C)C)n2nnc3ccccc32)C1. The molecule has 330 valence electrons. The zero-order valence-corrected chi connectivity index (χ0v) is 39.7. The van der Waals surface area contributed by atoms with Gasteiger partial charge in [0.2, 0.25) is 0 Å². The van der Waals surface area contributed by atoms with Gasteiger partial charge in [-0.25, -0.2) is 0 Å². The molecule has 3 aliphatic rings. The van der Waals surface area contributed by atoms with Crippen molar-refractivity contribution in [2.75, 3.05) is 0 Å². The lowest BCUT2D eigenvalue weighted by atomic mass is 9.72. The van der Waals surface area contributed by atoms with Gasteiger partial charge in [0.05, 0.1) is 33.8 Å². The second kappa shape index (κ2) is 15.1. The molecule has 65 heavy (non-hydrogen) atoms. The number of benzene rings is 4. The van der Waals surface area contributed by atoms with E-state index in [1.807, 2.05) is 66.3 Å². The van der Waals surface area contributed by atoms with Crippen LogP contribution in [0.3, 0.4) is 0 Å². The number of rotatable bonds is 8.